The number of hydrogen-bond donors (Lipinski definition) is 1. The number of aromatic nitrogens is 1. The van der Waals surface area contributed by atoms with Crippen LogP contribution in [-0.4, -0.2) is 29.1 Å². The Balaban J connectivity index is 2.10. The average molecular weight is 274 g/mol. The van der Waals surface area contributed by atoms with Crippen LogP contribution in [0.1, 0.15) is 18.5 Å². The minimum Gasteiger partial charge on any atom is -0.481 e. The van der Waals surface area contributed by atoms with E-state index >= 15 is 0 Å². The van der Waals surface area contributed by atoms with Gasteiger partial charge in [-0.2, -0.15) is 13.2 Å². The molecule has 1 aliphatic heterocycles. The van der Waals surface area contributed by atoms with Crippen molar-refractivity contribution in [3.8, 4) is 0 Å². The van der Waals surface area contributed by atoms with Crippen molar-refractivity contribution in [2.45, 2.75) is 19.0 Å². The zero-order chi connectivity index (χ0) is 14.0. The van der Waals surface area contributed by atoms with Crippen LogP contribution in [0.2, 0.25) is 0 Å². The average Bonchev–Trinajstić information content (AvgIpc) is 2.38. The predicted octanol–water partition coefficient (Wildman–Crippen LogP) is 2.40. The maximum atomic E-state index is 12.5. The summed E-state index contributed by atoms with van der Waals surface area (Å²) >= 11 is 0. The summed E-state index contributed by atoms with van der Waals surface area (Å²) in [7, 11) is 0. The van der Waals surface area contributed by atoms with Gasteiger partial charge in [0.2, 0.25) is 0 Å². The van der Waals surface area contributed by atoms with E-state index in [-0.39, 0.29) is 5.82 Å². The number of alkyl halides is 3. The van der Waals surface area contributed by atoms with Gasteiger partial charge in [-0.3, -0.25) is 4.79 Å². The minimum absolute atomic E-state index is 0.249. The Hall–Kier alpha value is -1.79. The van der Waals surface area contributed by atoms with Crippen LogP contribution in [0.5, 0.6) is 0 Å². The Morgan fingerprint density at radius 2 is 1.95 bits per heavy atom. The molecule has 1 aromatic heterocycles. The SMILES string of the molecule is O=C(O)C1CCN(c2cccc(C(F)(F)F)n2)CC1. The highest BCUT2D eigenvalue weighted by Crippen LogP contribution is 2.30. The largest absolute Gasteiger partial charge is 0.481 e. The van der Waals surface area contributed by atoms with Gasteiger partial charge in [0.25, 0.3) is 0 Å². The Morgan fingerprint density at radius 1 is 1.32 bits per heavy atom. The highest BCUT2D eigenvalue weighted by Gasteiger charge is 2.33. The normalized spacial score (nSPS) is 17.5. The van der Waals surface area contributed by atoms with Gasteiger partial charge in [-0.15, -0.1) is 0 Å². The standard InChI is InChI=1S/C12H13F3N2O2/c13-12(14,15)9-2-1-3-10(16-9)17-6-4-8(5-7-17)11(18)19/h1-3,8H,4-7H2,(H,18,19). The van der Waals surface area contributed by atoms with E-state index in [1.807, 2.05) is 0 Å². The highest BCUT2D eigenvalue weighted by atomic mass is 19.4. The first-order chi connectivity index (χ1) is 8.88. The van der Waals surface area contributed by atoms with Crippen molar-refractivity contribution < 1.29 is 23.1 Å². The molecular weight excluding hydrogens is 261 g/mol. The Labute approximate surface area is 107 Å². The van der Waals surface area contributed by atoms with Gasteiger partial charge in [-0.05, 0) is 25.0 Å². The molecule has 7 heteroatoms. The van der Waals surface area contributed by atoms with Gasteiger partial charge in [-0.25, -0.2) is 4.98 Å². The molecule has 0 unspecified atom stereocenters. The van der Waals surface area contributed by atoms with Gasteiger partial charge in [0.15, 0.2) is 0 Å². The fourth-order valence-electron chi connectivity index (χ4n) is 2.11. The van der Waals surface area contributed by atoms with Crippen LogP contribution in [0.4, 0.5) is 19.0 Å². The fraction of sp³-hybridized carbons (Fsp3) is 0.500. The summed E-state index contributed by atoms with van der Waals surface area (Å²) in [5.74, 6) is -1.02. The third kappa shape index (κ3) is 3.15. The molecule has 1 fully saturated rings. The summed E-state index contributed by atoms with van der Waals surface area (Å²) < 4.78 is 37.6. The summed E-state index contributed by atoms with van der Waals surface area (Å²) in [5, 5.41) is 8.86. The predicted molar refractivity (Wildman–Crippen MR) is 61.8 cm³/mol. The molecule has 0 atom stereocenters. The summed E-state index contributed by atoms with van der Waals surface area (Å²) in [6.07, 6.45) is -3.62. The van der Waals surface area contributed by atoms with Crippen LogP contribution in [0.3, 0.4) is 0 Å². The number of carboxylic acids is 1. The number of pyridine rings is 1. The van der Waals surface area contributed by atoms with Gasteiger partial charge < -0.3 is 10.0 Å². The molecule has 0 bridgehead atoms. The fourth-order valence-corrected chi connectivity index (χ4v) is 2.11. The lowest BCUT2D eigenvalue weighted by atomic mass is 9.97. The van der Waals surface area contributed by atoms with E-state index in [1.165, 1.54) is 12.1 Å². The molecule has 0 spiro atoms. The van der Waals surface area contributed by atoms with Gasteiger partial charge in [0.05, 0.1) is 5.92 Å². The molecule has 19 heavy (non-hydrogen) atoms. The van der Waals surface area contributed by atoms with E-state index in [2.05, 4.69) is 4.98 Å². The second-order valence-electron chi connectivity index (χ2n) is 4.48. The summed E-state index contributed by atoms with van der Waals surface area (Å²) in [4.78, 5) is 16.1. The van der Waals surface area contributed by atoms with Crippen molar-refractivity contribution in [1.82, 2.24) is 4.98 Å². The first-order valence-electron chi connectivity index (χ1n) is 5.90. The second-order valence-corrected chi connectivity index (χ2v) is 4.48. The van der Waals surface area contributed by atoms with Crippen LogP contribution in [0, 0.1) is 5.92 Å². The Kier molecular flexibility index (Phi) is 3.64. The lowest BCUT2D eigenvalue weighted by Gasteiger charge is -2.31. The molecule has 0 aliphatic carbocycles. The van der Waals surface area contributed by atoms with Gasteiger partial charge >= 0.3 is 12.1 Å². The first kappa shape index (κ1) is 13.6. The quantitative estimate of drug-likeness (QED) is 0.899. The monoisotopic (exact) mass is 274 g/mol. The number of rotatable bonds is 2. The minimum atomic E-state index is -4.46. The van der Waals surface area contributed by atoms with Crippen molar-refractivity contribution in [2.75, 3.05) is 18.0 Å². The number of anilines is 1. The Morgan fingerprint density at radius 3 is 2.47 bits per heavy atom. The van der Waals surface area contributed by atoms with Crippen molar-refractivity contribution in [3.05, 3.63) is 23.9 Å². The number of aliphatic carboxylic acids is 1. The molecule has 2 rings (SSSR count). The number of halogens is 3. The second kappa shape index (κ2) is 5.07. The molecule has 104 valence electrons. The number of carboxylic acid groups (broad SMARTS) is 1. The van der Waals surface area contributed by atoms with E-state index in [9.17, 15) is 18.0 Å². The summed E-state index contributed by atoms with van der Waals surface area (Å²) in [5.41, 5.74) is -0.926. The van der Waals surface area contributed by atoms with E-state index in [0.717, 1.165) is 6.07 Å². The molecule has 1 N–H and O–H groups in total. The maximum absolute atomic E-state index is 12.5. The van der Waals surface area contributed by atoms with Crippen LogP contribution < -0.4 is 4.90 Å². The molecule has 0 radical (unpaired) electrons. The van der Waals surface area contributed by atoms with Gasteiger partial charge in [0.1, 0.15) is 11.5 Å². The third-order valence-corrected chi connectivity index (χ3v) is 3.19. The smallest absolute Gasteiger partial charge is 0.433 e. The number of piperidine rings is 1. The van der Waals surface area contributed by atoms with E-state index in [0.29, 0.717) is 25.9 Å². The van der Waals surface area contributed by atoms with Crippen molar-refractivity contribution in [3.63, 3.8) is 0 Å². The summed E-state index contributed by atoms with van der Waals surface area (Å²) in [6, 6.07) is 3.75. The zero-order valence-electron chi connectivity index (χ0n) is 10.0. The van der Waals surface area contributed by atoms with Gasteiger partial charge in [-0.1, -0.05) is 6.07 Å². The maximum Gasteiger partial charge on any atom is 0.433 e. The molecule has 0 aromatic carbocycles. The number of hydrogen-bond acceptors (Lipinski definition) is 3. The molecule has 1 aliphatic rings. The number of nitrogens with zero attached hydrogens (tertiary/aromatic N) is 2. The molecule has 0 amide bonds. The van der Waals surface area contributed by atoms with Crippen molar-refractivity contribution in [1.29, 1.82) is 0 Å². The molecule has 0 saturated carbocycles. The van der Waals surface area contributed by atoms with E-state index in [4.69, 9.17) is 5.11 Å². The zero-order valence-corrected chi connectivity index (χ0v) is 10.0. The Bertz CT molecular complexity index is 468. The first-order valence-corrected chi connectivity index (χ1v) is 5.90. The molecule has 1 saturated heterocycles. The van der Waals surface area contributed by atoms with Crippen molar-refractivity contribution >= 4 is 11.8 Å². The van der Waals surface area contributed by atoms with E-state index in [1.54, 1.807) is 4.90 Å². The van der Waals surface area contributed by atoms with Crippen molar-refractivity contribution in [2.24, 2.45) is 5.92 Å². The van der Waals surface area contributed by atoms with Crippen LogP contribution in [-0.2, 0) is 11.0 Å². The molecule has 4 nitrogen and oxygen atoms in total. The molecular formula is C12H13F3N2O2. The third-order valence-electron chi connectivity index (χ3n) is 3.19. The lowest BCUT2D eigenvalue weighted by molar-refractivity contribution is -0.142. The van der Waals surface area contributed by atoms with E-state index < -0.39 is 23.8 Å². The summed E-state index contributed by atoms with van der Waals surface area (Å²) in [6.45, 7) is 0.816. The lowest BCUT2D eigenvalue weighted by Crippen LogP contribution is -2.37. The van der Waals surface area contributed by atoms with Gasteiger partial charge in [0, 0.05) is 13.1 Å². The molecule has 1 aromatic rings. The highest BCUT2D eigenvalue weighted by molar-refractivity contribution is 5.70. The van der Waals surface area contributed by atoms with Crippen LogP contribution in [0.15, 0.2) is 18.2 Å². The number of carbonyl (C=O) groups is 1. The van der Waals surface area contributed by atoms with Crippen LogP contribution >= 0.6 is 0 Å². The van der Waals surface area contributed by atoms with Crippen LogP contribution in [0.25, 0.3) is 0 Å². The molecule has 2 heterocycles. The topological polar surface area (TPSA) is 53.4 Å².